The van der Waals surface area contributed by atoms with Crippen molar-refractivity contribution in [2.75, 3.05) is 18.9 Å². The van der Waals surface area contributed by atoms with Crippen molar-refractivity contribution >= 4 is 28.7 Å². The molecule has 0 saturated carbocycles. The van der Waals surface area contributed by atoms with E-state index in [-0.39, 0.29) is 45.2 Å². The lowest BCUT2D eigenvalue weighted by molar-refractivity contribution is -0.119. The summed E-state index contributed by atoms with van der Waals surface area (Å²) in [6.45, 7) is 1.11. The van der Waals surface area contributed by atoms with Gasteiger partial charge in [0.05, 0.1) is 17.4 Å². The number of thioether (sulfide) groups is 1. The zero-order valence-electron chi connectivity index (χ0n) is 17.6. The van der Waals surface area contributed by atoms with Gasteiger partial charge in [-0.25, -0.2) is 19.2 Å². The van der Waals surface area contributed by atoms with Gasteiger partial charge in [0.25, 0.3) is 5.56 Å². The molecule has 1 atom stereocenters. The van der Waals surface area contributed by atoms with Crippen molar-refractivity contribution in [3.63, 3.8) is 0 Å². The molecule has 1 aromatic carbocycles. The monoisotopic (exact) mass is 459 g/mol. The topological polar surface area (TPSA) is 108 Å². The zero-order valence-corrected chi connectivity index (χ0v) is 18.4. The van der Waals surface area contributed by atoms with Crippen LogP contribution >= 0.6 is 11.8 Å². The Kier molecular flexibility index (Phi) is 6.38. The van der Waals surface area contributed by atoms with Gasteiger partial charge < -0.3 is 10.1 Å². The molecule has 1 aliphatic rings. The largest absolute Gasteiger partial charge is 0.376 e. The third-order valence-corrected chi connectivity index (χ3v) is 6.25. The standard InChI is InChI=1S/C21H22FN5O4S/c1-26-18-16(20(29)27(2)21(26)30)19(25-17(24-18)13-7-3-4-8-14(13)22)32-11-15(28)23-10-12-6-5-9-31-12/h3-4,7-8,12H,5-6,9-11H2,1-2H3,(H,23,28)/t12-/m0/s1. The first-order chi connectivity index (χ1) is 15.4. The van der Waals surface area contributed by atoms with Gasteiger partial charge in [-0.2, -0.15) is 0 Å². The molecule has 1 N–H and O–H groups in total. The number of amides is 1. The van der Waals surface area contributed by atoms with E-state index in [1.54, 1.807) is 12.1 Å². The van der Waals surface area contributed by atoms with Crippen molar-refractivity contribution in [2.24, 2.45) is 14.1 Å². The van der Waals surface area contributed by atoms with Gasteiger partial charge >= 0.3 is 5.69 Å². The number of aryl methyl sites for hydroxylation is 1. The molecule has 3 heterocycles. The molecule has 0 unspecified atom stereocenters. The number of hydrogen-bond donors (Lipinski definition) is 1. The van der Waals surface area contributed by atoms with Crippen molar-refractivity contribution < 1.29 is 13.9 Å². The number of nitrogens with zero attached hydrogens (tertiary/aromatic N) is 4. The fraction of sp³-hybridized carbons (Fsp3) is 0.381. The first-order valence-corrected chi connectivity index (χ1v) is 11.1. The number of nitrogens with one attached hydrogen (secondary N) is 1. The number of carbonyl (C=O) groups is 1. The van der Waals surface area contributed by atoms with E-state index in [0.717, 1.165) is 29.2 Å². The second-order valence-corrected chi connectivity index (χ2v) is 8.43. The fourth-order valence-electron chi connectivity index (χ4n) is 3.51. The number of aromatic nitrogens is 4. The third-order valence-electron chi connectivity index (χ3n) is 5.27. The number of halogens is 1. The molecule has 0 radical (unpaired) electrons. The average Bonchev–Trinajstić information content (AvgIpc) is 3.32. The van der Waals surface area contributed by atoms with E-state index in [0.29, 0.717) is 13.2 Å². The highest BCUT2D eigenvalue weighted by molar-refractivity contribution is 8.00. The summed E-state index contributed by atoms with van der Waals surface area (Å²) in [5.74, 6) is -0.764. The molecule has 0 aliphatic carbocycles. The van der Waals surface area contributed by atoms with Crippen molar-refractivity contribution in [1.29, 1.82) is 0 Å². The summed E-state index contributed by atoms with van der Waals surface area (Å²) in [7, 11) is 2.84. The molecule has 9 nitrogen and oxygen atoms in total. The summed E-state index contributed by atoms with van der Waals surface area (Å²) in [6, 6.07) is 5.97. The molecule has 168 valence electrons. The van der Waals surface area contributed by atoms with E-state index in [2.05, 4.69) is 15.3 Å². The fourth-order valence-corrected chi connectivity index (χ4v) is 4.36. The van der Waals surface area contributed by atoms with Gasteiger partial charge in [-0.15, -0.1) is 0 Å². The van der Waals surface area contributed by atoms with E-state index in [9.17, 15) is 18.8 Å². The lowest BCUT2D eigenvalue weighted by atomic mass is 10.2. The maximum atomic E-state index is 14.4. The Bertz CT molecular complexity index is 1300. The van der Waals surface area contributed by atoms with Crippen LogP contribution in [0.25, 0.3) is 22.4 Å². The van der Waals surface area contributed by atoms with Gasteiger partial charge in [0.15, 0.2) is 11.5 Å². The molecule has 0 bridgehead atoms. The van der Waals surface area contributed by atoms with Gasteiger partial charge in [0.1, 0.15) is 16.2 Å². The summed E-state index contributed by atoms with van der Waals surface area (Å²) in [4.78, 5) is 46.3. The van der Waals surface area contributed by atoms with E-state index < -0.39 is 17.1 Å². The molecule has 1 saturated heterocycles. The van der Waals surface area contributed by atoms with Crippen molar-refractivity contribution in [3.05, 3.63) is 50.9 Å². The summed E-state index contributed by atoms with van der Waals surface area (Å²) >= 11 is 1.04. The highest BCUT2D eigenvalue weighted by Gasteiger charge is 2.21. The minimum Gasteiger partial charge on any atom is -0.376 e. The Morgan fingerprint density at radius 2 is 2.03 bits per heavy atom. The van der Waals surface area contributed by atoms with Crippen LogP contribution < -0.4 is 16.6 Å². The van der Waals surface area contributed by atoms with E-state index in [1.165, 1.54) is 30.8 Å². The van der Waals surface area contributed by atoms with Crippen LogP contribution in [0.1, 0.15) is 12.8 Å². The number of fused-ring (bicyclic) bond motifs is 1. The smallest absolute Gasteiger partial charge is 0.332 e. The molecule has 11 heteroatoms. The molecule has 2 aromatic heterocycles. The van der Waals surface area contributed by atoms with Crippen LogP contribution in [0.2, 0.25) is 0 Å². The van der Waals surface area contributed by atoms with Crippen LogP contribution in [-0.4, -0.2) is 50.0 Å². The molecule has 4 rings (SSSR count). The SMILES string of the molecule is Cn1c(=O)c2c(SCC(=O)NC[C@@H]3CCCO3)nc(-c3ccccc3F)nc2n(C)c1=O. The van der Waals surface area contributed by atoms with Crippen molar-refractivity contribution in [1.82, 2.24) is 24.4 Å². The number of benzene rings is 1. The Hall–Kier alpha value is -3.05. The lowest BCUT2D eigenvalue weighted by Gasteiger charge is -2.13. The molecular weight excluding hydrogens is 437 g/mol. The predicted molar refractivity (Wildman–Crippen MR) is 118 cm³/mol. The summed E-state index contributed by atoms with van der Waals surface area (Å²) < 4.78 is 22.1. The van der Waals surface area contributed by atoms with Crippen LogP contribution in [-0.2, 0) is 23.6 Å². The van der Waals surface area contributed by atoms with Gasteiger partial charge in [0.2, 0.25) is 5.91 Å². The summed E-state index contributed by atoms with van der Waals surface area (Å²) in [6.07, 6.45) is 1.89. The van der Waals surface area contributed by atoms with Gasteiger partial charge in [-0.05, 0) is 25.0 Å². The van der Waals surface area contributed by atoms with Crippen LogP contribution in [0, 0.1) is 5.82 Å². The van der Waals surface area contributed by atoms with Gasteiger partial charge in [0, 0.05) is 27.2 Å². The Balaban J connectivity index is 1.72. The average molecular weight is 460 g/mol. The normalized spacial score (nSPS) is 15.9. The maximum absolute atomic E-state index is 14.4. The summed E-state index contributed by atoms with van der Waals surface area (Å²) in [5.41, 5.74) is -0.933. The van der Waals surface area contributed by atoms with Crippen molar-refractivity contribution in [3.8, 4) is 11.4 Å². The number of carbonyl (C=O) groups excluding carboxylic acids is 1. The molecule has 32 heavy (non-hydrogen) atoms. The number of hydrogen-bond acceptors (Lipinski definition) is 7. The van der Waals surface area contributed by atoms with Crippen LogP contribution in [0.5, 0.6) is 0 Å². The Morgan fingerprint density at radius 1 is 1.25 bits per heavy atom. The number of rotatable bonds is 6. The van der Waals surface area contributed by atoms with Crippen LogP contribution in [0.4, 0.5) is 4.39 Å². The quantitative estimate of drug-likeness (QED) is 0.436. The molecule has 1 aliphatic heterocycles. The van der Waals surface area contributed by atoms with Crippen LogP contribution in [0.3, 0.4) is 0 Å². The highest BCUT2D eigenvalue weighted by Crippen LogP contribution is 2.27. The number of ether oxygens (including phenoxy) is 1. The molecule has 1 fully saturated rings. The van der Waals surface area contributed by atoms with Gasteiger partial charge in [-0.1, -0.05) is 23.9 Å². The van der Waals surface area contributed by atoms with E-state index in [1.807, 2.05) is 0 Å². The van der Waals surface area contributed by atoms with Crippen molar-refractivity contribution in [2.45, 2.75) is 24.0 Å². The second kappa shape index (κ2) is 9.21. The van der Waals surface area contributed by atoms with E-state index in [4.69, 9.17) is 4.74 Å². The predicted octanol–water partition coefficient (Wildman–Crippen LogP) is 1.22. The minimum atomic E-state index is -0.578. The van der Waals surface area contributed by atoms with Crippen LogP contribution in [0.15, 0.2) is 38.9 Å². The third kappa shape index (κ3) is 4.30. The first-order valence-electron chi connectivity index (χ1n) is 10.1. The van der Waals surface area contributed by atoms with E-state index >= 15 is 0 Å². The lowest BCUT2D eigenvalue weighted by Crippen LogP contribution is -2.38. The molecule has 0 spiro atoms. The zero-order chi connectivity index (χ0) is 22.8. The maximum Gasteiger partial charge on any atom is 0.332 e. The minimum absolute atomic E-state index is 0.0123. The molecule has 1 amide bonds. The first kappa shape index (κ1) is 22.2. The molecule has 3 aromatic rings. The molecular formula is C21H22FN5O4S. The second-order valence-electron chi connectivity index (χ2n) is 7.46. The Labute approximate surface area is 186 Å². The Morgan fingerprint density at radius 3 is 2.75 bits per heavy atom. The highest BCUT2D eigenvalue weighted by atomic mass is 32.2. The summed E-state index contributed by atoms with van der Waals surface area (Å²) in [5, 5.41) is 3.13. The van der Waals surface area contributed by atoms with Gasteiger partial charge in [-0.3, -0.25) is 18.7 Å².